The third-order valence-corrected chi connectivity index (χ3v) is 6.22. The molecule has 1 aliphatic heterocycles. The van der Waals surface area contributed by atoms with Crippen LogP contribution in [0.4, 0.5) is 0 Å². The van der Waals surface area contributed by atoms with Crippen LogP contribution in [0.15, 0.2) is 9.85 Å². The Labute approximate surface area is 118 Å². The topological polar surface area (TPSA) is 9.23 Å². The Kier molecular flexibility index (Phi) is 4.58. The van der Waals surface area contributed by atoms with Gasteiger partial charge in [-0.3, -0.25) is 0 Å². The van der Waals surface area contributed by atoms with E-state index in [1.54, 1.807) is 11.3 Å². The summed E-state index contributed by atoms with van der Waals surface area (Å²) in [6, 6.07) is 1.96. The first-order valence-electron chi connectivity index (χ1n) is 5.34. The van der Waals surface area contributed by atoms with Crippen LogP contribution in [0.5, 0.6) is 0 Å². The Hall–Kier alpha value is 0.720. The SMILES string of the molecule is CCC1OCCC1C(Cl)c1cc(Cl)c(Br)s1. The van der Waals surface area contributed by atoms with Gasteiger partial charge in [-0.05, 0) is 34.8 Å². The largest absolute Gasteiger partial charge is 0.378 e. The van der Waals surface area contributed by atoms with Gasteiger partial charge in [0.1, 0.15) is 0 Å². The smallest absolute Gasteiger partial charge is 0.0887 e. The van der Waals surface area contributed by atoms with Gasteiger partial charge >= 0.3 is 0 Å². The lowest BCUT2D eigenvalue weighted by Gasteiger charge is -2.20. The number of hydrogen-bond donors (Lipinski definition) is 0. The van der Waals surface area contributed by atoms with E-state index in [1.165, 1.54) is 0 Å². The molecular formula is C11H13BrCl2OS. The van der Waals surface area contributed by atoms with E-state index in [-0.39, 0.29) is 5.38 Å². The molecule has 1 aliphatic rings. The molecule has 0 aliphatic carbocycles. The van der Waals surface area contributed by atoms with Gasteiger partial charge in [-0.15, -0.1) is 22.9 Å². The minimum absolute atomic E-state index is 0.0150. The van der Waals surface area contributed by atoms with Crippen molar-refractivity contribution < 1.29 is 4.74 Å². The second kappa shape index (κ2) is 5.57. The molecule has 3 atom stereocenters. The molecule has 1 aromatic heterocycles. The van der Waals surface area contributed by atoms with Crippen LogP contribution in [-0.2, 0) is 4.74 Å². The van der Waals surface area contributed by atoms with Gasteiger partial charge in [-0.25, -0.2) is 0 Å². The minimum atomic E-state index is 0.0150. The number of alkyl halides is 1. The van der Waals surface area contributed by atoms with E-state index in [4.69, 9.17) is 27.9 Å². The predicted molar refractivity (Wildman–Crippen MR) is 73.8 cm³/mol. The van der Waals surface area contributed by atoms with E-state index in [9.17, 15) is 0 Å². The second-order valence-electron chi connectivity index (χ2n) is 3.94. The molecular weight excluding hydrogens is 331 g/mol. The van der Waals surface area contributed by atoms with Crippen LogP contribution in [0.2, 0.25) is 5.02 Å². The molecule has 0 aromatic carbocycles. The number of hydrogen-bond acceptors (Lipinski definition) is 2. The Morgan fingerprint density at radius 1 is 1.69 bits per heavy atom. The molecule has 0 radical (unpaired) electrons. The highest BCUT2D eigenvalue weighted by Gasteiger charge is 2.34. The first kappa shape index (κ1) is 13.2. The standard InChI is InChI=1S/C11H13BrCl2OS/c1-2-8-6(3-4-15-8)10(14)9-5-7(13)11(12)16-9/h5-6,8,10H,2-4H2,1H3. The Morgan fingerprint density at radius 3 is 3.00 bits per heavy atom. The fourth-order valence-electron chi connectivity index (χ4n) is 2.13. The van der Waals surface area contributed by atoms with Gasteiger partial charge in [0.2, 0.25) is 0 Å². The first-order valence-corrected chi connectivity index (χ1v) is 7.76. The van der Waals surface area contributed by atoms with E-state index in [2.05, 4.69) is 22.9 Å². The average Bonchev–Trinajstić information content (AvgIpc) is 2.85. The first-order chi connectivity index (χ1) is 7.63. The molecule has 3 unspecified atom stereocenters. The van der Waals surface area contributed by atoms with E-state index >= 15 is 0 Å². The maximum absolute atomic E-state index is 6.52. The molecule has 2 rings (SSSR count). The molecule has 2 heterocycles. The van der Waals surface area contributed by atoms with Crippen LogP contribution in [0.25, 0.3) is 0 Å². The van der Waals surface area contributed by atoms with Crippen LogP contribution in [-0.4, -0.2) is 12.7 Å². The van der Waals surface area contributed by atoms with Crippen LogP contribution in [0, 0.1) is 5.92 Å². The van der Waals surface area contributed by atoms with E-state index < -0.39 is 0 Å². The molecule has 0 amide bonds. The molecule has 0 bridgehead atoms. The van der Waals surface area contributed by atoms with Crippen molar-refractivity contribution in [2.45, 2.75) is 31.2 Å². The monoisotopic (exact) mass is 342 g/mol. The highest BCUT2D eigenvalue weighted by molar-refractivity contribution is 9.11. The summed E-state index contributed by atoms with van der Waals surface area (Å²) in [6.45, 7) is 2.97. The molecule has 0 N–H and O–H groups in total. The van der Waals surface area contributed by atoms with Crippen molar-refractivity contribution in [1.29, 1.82) is 0 Å². The second-order valence-corrected chi connectivity index (χ2v) is 7.22. The average molecular weight is 344 g/mol. The zero-order valence-corrected chi connectivity index (χ0v) is 12.8. The van der Waals surface area contributed by atoms with Crippen LogP contribution in [0.3, 0.4) is 0 Å². The maximum Gasteiger partial charge on any atom is 0.0887 e. The lowest BCUT2D eigenvalue weighted by atomic mass is 9.95. The number of rotatable bonds is 3. The van der Waals surface area contributed by atoms with E-state index in [0.717, 1.165) is 33.1 Å². The zero-order valence-electron chi connectivity index (χ0n) is 8.88. The Balaban J connectivity index is 2.14. The summed E-state index contributed by atoms with van der Waals surface area (Å²) >= 11 is 17.6. The van der Waals surface area contributed by atoms with E-state index in [0.29, 0.717) is 12.0 Å². The summed E-state index contributed by atoms with van der Waals surface area (Å²) in [7, 11) is 0. The van der Waals surface area contributed by atoms with Gasteiger partial charge in [-0.1, -0.05) is 18.5 Å². The summed E-state index contributed by atoms with van der Waals surface area (Å²) in [5.74, 6) is 0.410. The van der Waals surface area contributed by atoms with Crippen LogP contribution >= 0.6 is 50.5 Å². The quantitative estimate of drug-likeness (QED) is 0.680. The van der Waals surface area contributed by atoms with Crippen molar-refractivity contribution in [3.63, 3.8) is 0 Å². The molecule has 16 heavy (non-hydrogen) atoms. The molecule has 0 spiro atoms. The summed E-state index contributed by atoms with van der Waals surface area (Å²) in [6.07, 6.45) is 2.36. The summed E-state index contributed by atoms with van der Waals surface area (Å²) in [4.78, 5) is 1.13. The van der Waals surface area contributed by atoms with Crippen molar-refractivity contribution in [3.05, 3.63) is 19.8 Å². The highest BCUT2D eigenvalue weighted by atomic mass is 79.9. The molecule has 1 nitrogen and oxygen atoms in total. The third kappa shape index (κ3) is 2.59. The lowest BCUT2D eigenvalue weighted by Crippen LogP contribution is -2.18. The van der Waals surface area contributed by atoms with Gasteiger partial charge in [-0.2, -0.15) is 0 Å². The van der Waals surface area contributed by atoms with E-state index in [1.807, 2.05) is 6.07 Å². The van der Waals surface area contributed by atoms with Gasteiger partial charge in [0.05, 0.1) is 20.3 Å². The molecule has 90 valence electrons. The maximum atomic E-state index is 6.52. The molecule has 5 heteroatoms. The van der Waals surface area contributed by atoms with Crippen molar-refractivity contribution in [3.8, 4) is 0 Å². The van der Waals surface area contributed by atoms with Gasteiger partial charge in [0.25, 0.3) is 0 Å². The van der Waals surface area contributed by atoms with Gasteiger partial charge < -0.3 is 4.74 Å². The van der Waals surface area contributed by atoms with Crippen LogP contribution in [0.1, 0.15) is 30.0 Å². The van der Waals surface area contributed by atoms with Gasteiger partial charge in [0.15, 0.2) is 0 Å². The molecule has 1 aromatic rings. The van der Waals surface area contributed by atoms with Crippen molar-refractivity contribution in [2.24, 2.45) is 5.92 Å². The van der Waals surface area contributed by atoms with Gasteiger partial charge in [0, 0.05) is 17.4 Å². The third-order valence-electron chi connectivity index (χ3n) is 2.97. The number of halogens is 3. The normalized spacial score (nSPS) is 27.2. The summed E-state index contributed by atoms with van der Waals surface area (Å²) < 4.78 is 6.63. The Morgan fingerprint density at radius 2 is 2.44 bits per heavy atom. The lowest BCUT2D eigenvalue weighted by molar-refractivity contribution is 0.0866. The minimum Gasteiger partial charge on any atom is -0.378 e. The number of thiophene rings is 1. The zero-order chi connectivity index (χ0) is 11.7. The Bertz CT molecular complexity index is 349. The van der Waals surface area contributed by atoms with Crippen molar-refractivity contribution in [1.82, 2.24) is 0 Å². The van der Waals surface area contributed by atoms with Crippen molar-refractivity contribution >= 4 is 50.5 Å². The number of ether oxygens (including phenoxy) is 1. The fraction of sp³-hybridized carbons (Fsp3) is 0.636. The van der Waals surface area contributed by atoms with Crippen molar-refractivity contribution in [2.75, 3.05) is 6.61 Å². The molecule has 1 fully saturated rings. The summed E-state index contributed by atoms with van der Waals surface area (Å²) in [5.41, 5.74) is 0. The molecule has 1 saturated heterocycles. The fourth-order valence-corrected chi connectivity index (χ4v) is 4.42. The van der Waals surface area contributed by atoms with Crippen LogP contribution < -0.4 is 0 Å². The summed E-state index contributed by atoms with van der Waals surface area (Å²) in [5, 5.41) is 0.763. The molecule has 0 saturated carbocycles. The highest BCUT2D eigenvalue weighted by Crippen LogP contribution is 2.44. The predicted octanol–water partition coefficient (Wildman–Crippen LogP) is 5.26.